The highest BCUT2D eigenvalue weighted by atomic mass is 19.4. The number of alkyl halides is 3. The van der Waals surface area contributed by atoms with Crippen molar-refractivity contribution in [1.29, 1.82) is 0 Å². The normalized spacial score (nSPS) is 13.9. The van der Waals surface area contributed by atoms with E-state index >= 15 is 0 Å². The van der Waals surface area contributed by atoms with Gasteiger partial charge in [-0.25, -0.2) is 0 Å². The van der Waals surface area contributed by atoms with Gasteiger partial charge < -0.3 is 5.73 Å². The minimum Gasteiger partial charge on any atom is -0.324 e. The van der Waals surface area contributed by atoms with Crippen LogP contribution in [-0.4, -0.2) is 6.18 Å². The van der Waals surface area contributed by atoms with Gasteiger partial charge >= 0.3 is 6.18 Å². The van der Waals surface area contributed by atoms with Crippen LogP contribution in [-0.2, 0) is 0 Å². The third-order valence-electron chi connectivity index (χ3n) is 2.56. The van der Waals surface area contributed by atoms with Crippen LogP contribution in [0.1, 0.15) is 35.6 Å². The fraction of sp³-hybridized carbons (Fsp3) is 0.500. The minimum atomic E-state index is -4.13. The van der Waals surface area contributed by atoms with E-state index in [1.54, 1.807) is 0 Å². The summed E-state index contributed by atoms with van der Waals surface area (Å²) in [6.07, 6.45) is -5.02. The van der Waals surface area contributed by atoms with Gasteiger partial charge in [0, 0.05) is 12.5 Å². The van der Waals surface area contributed by atoms with Crippen LogP contribution in [0.2, 0.25) is 0 Å². The number of benzene rings is 1. The predicted molar refractivity (Wildman–Crippen MR) is 58.1 cm³/mol. The van der Waals surface area contributed by atoms with Gasteiger partial charge in [0.05, 0.1) is 0 Å². The molecule has 1 atom stereocenters. The Morgan fingerprint density at radius 3 is 2.38 bits per heavy atom. The Balaban J connectivity index is 2.70. The zero-order valence-electron chi connectivity index (χ0n) is 9.43. The largest absolute Gasteiger partial charge is 0.389 e. The van der Waals surface area contributed by atoms with E-state index in [-0.39, 0.29) is 6.42 Å². The zero-order chi connectivity index (χ0) is 12.3. The molecular formula is C12H16F3N. The molecule has 0 fully saturated rings. The van der Waals surface area contributed by atoms with Crippen molar-refractivity contribution in [3.8, 4) is 0 Å². The fourth-order valence-corrected chi connectivity index (χ4v) is 1.72. The molecule has 0 amide bonds. The molecule has 0 spiro atoms. The molecule has 0 saturated heterocycles. The van der Waals surface area contributed by atoms with Crippen LogP contribution in [0.15, 0.2) is 18.2 Å². The van der Waals surface area contributed by atoms with Crippen molar-refractivity contribution in [1.82, 2.24) is 0 Å². The first-order valence-electron chi connectivity index (χ1n) is 5.19. The molecule has 0 aliphatic heterocycles. The lowest BCUT2D eigenvalue weighted by Crippen LogP contribution is -2.16. The number of nitrogens with two attached hydrogens (primary N) is 1. The second-order valence-electron chi connectivity index (χ2n) is 4.12. The molecule has 4 heteroatoms. The zero-order valence-corrected chi connectivity index (χ0v) is 9.43. The molecule has 0 unspecified atom stereocenters. The fourth-order valence-electron chi connectivity index (χ4n) is 1.72. The minimum absolute atomic E-state index is 0.0621. The van der Waals surface area contributed by atoms with E-state index in [4.69, 9.17) is 5.73 Å². The molecule has 1 nitrogen and oxygen atoms in total. The Morgan fingerprint density at radius 2 is 1.88 bits per heavy atom. The van der Waals surface area contributed by atoms with Crippen LogP contribution in [0.5, 0.6) is 0 Å². The number of hydrogen-bond donors (Lipinski definition) is 1. The van der Waals surface area contributed by atoms with Gasteiger partial charge in [0.1, 0.15) is 0 Å². The monoisotopic (exact) mass is 231 g/mol. The maximum atomic E-state index is 12.0. The summed E-state index contributed by atoms with van der Waals surface area (Å²) < 4.78 is 36.1. The second-order valence-corrected chi connectivity index (χ2v) is 4.12. The Labute approximate surface area is 93.5 Å². The molecule has 0 aliphatic carbocycles. The van der Waals surface area contributed by atoms with Crippen LogP contribution < -0.4 is 5.73 Å². The molecule has 0 saturated carbocycles. The summed E-state index contributed by atoms with van der Waals surface area (Å²) >= 11 is 0. The van der Waals surface area contributed by atoms with Crippen molar-refractivity contribution in [2.45, 2.75) is 38.9 Å². The highest BCUT2D eigenvalue weighted by Crippen LogP contribution is 2.27. The summed E-state index contributed by atoms with van der Waals surface area (Å²) in [6.45, 7) is 3.81. The molecule has 1 rings (SSSR count). The van der Waals surface area contributed by atoms with Crippen LogP contribution in [0, 0.1) is 13.8 Å². The van der Waals surface area contributed by atoms with Gasteiger partial charge in [-0.2, -0.15) is 13.2 Å². The molecule has 0 aliphatic rings. The third-order valence-corrected chi connectivity index (χ3v) is 2.56. The van der Waals surface area contributed by atoms with Crippen molar-refractivity contribution < 1.29 is 13.2 Å². The van der Waals surface area contributed by atoms with Gasteiger partial charge in [0.25, 0.3) is 0 Å². The summed E-state index contributed by atoms with van der Waals surface area (Å²) in [5.74, 6) is 0. The average molecular weight is 231 g/mol. The molecule has 0 bridgehead atoms. The van der Waals surface area contributed by atoms with Gasteiger partial charge in [-0.3, -0.25) is 0 Å². The highest BCUT2D eigenvalue weighted by Gasteiger charge is 2.28. The Hall–Kier alpha value is -1.03. The maximum absolute atomic E-state index is 12.0. The van der Waals surface area contributed by atoms with E-state index in [2.05, 4.69) is 0 Å². The second kappa shape index (κ2) is 4.87. The number of hydrogen-bond acceptors (Lipinski definition) is 1. The van der Waals surface area contributed by atoms with Crippen molar-refractivity contribution in [2.24, 2.45) is 5.73 Å². The van der Waals surface area contributed by atoms with Crippen molar-refractivity contribution >= 4 is 0 Å². The van der Waals surface area contributed by atoms with Crippen LogP contribution in [0.3, 0.4) is 0 Å². The molecule has 16 heavy (non-hydrogen) atoms. The third kappa shape index (κ3) is 3.85. The molecule has 0 heterocycles. The quantitative estimate of drug-likeness (QED) is 0.844. The topological polar surface area (TPSA) is 26.0 Å². The van der Waals surface area contributed by atoms with Crippen molar-refractivity contribution in [3.05, 3.63) is 34.9 Å². The molecule has 2 N–H and O–H groups in total. The molecule has 90 valence electrons. The number of rotatable bonds is 3. The highest BCUT2D eigenvalue weighted by molar-refractivity contribution is 5.32. The first-order chi connectivity index (χ1) is 7.29. The molecule has 0 aromatic heterocycles. The Bertz CT molecular complexity index is 358. The average Bonchev–Trinajstić information content (AvgIpc) is 2.13. The van der Waals surface area contributed by atoms with Gasteiger partial charge in [-0.1, -0.05) is 23.8 Å². The molecule has 1 aromatic rings. The standard InChI is InChI=1S/C12H16F3N/c1-8-3-4-10(9(2)7-8)11(16)5-6-12(13,14)15/h3-4,7,11H,5-6,16H2,1-2H3/t11-/m1/s1. The van der Waals surface area contributed by atoms with E-state index in [1.807, 2.05) is 32.0 Å². The van der Waals surface area contributed by atoms with Crippen molar-refractivity contribution in [3.63, 3.8) is 0 Å². The summed E-state index contributed by atoms with van der Waals surface area (Å²) in [4.78, 5) is 0. The molecule has 0 radical (unpaired) electrons. The lowest BCUT2D eigenvalue weighted by molar-refractivity contribution is -0.136. The van der Waals surface area contributed by atoms with Gasteiger partial charge in [-0.15, -0.1) is 0 Å². The van der Waals surface area contributed by atoms with Gasteiger partial charge in [-0.05, 0) is 31.4 Å². The SMILES string of the molecule is Cc1ccc([C@H](N)CCC(F)(F)F)c(C)c1. The van der Waals surface area contributed by atoms with E-state index < -0.39 is 18.6 Å². The molecular weight excluding hydrogens is 215 g/mol. The summed E-state index contributed by atoms with van der Waals surface area (Å²) in [7, 11) is 0. The van der Waals surface area contributed by atoms with Crippen LogP contribution in [0.25, 0.3) is 0 Å². The maximum Gasteiger partial charge on any atom is 0.389 e. The first-order valence-corrected chi connectivity index (χ1v) is 5.19. The van der Waals surface area contributed by atoms with E-state index in [0.717, 1.165) is 16.7 Å². The number of aryl methyl sites for hydroxylation is 2. The first kappa shape index (κ1) is 13.0. The lowest BCUT2D eigenvalue weighted by atomic mass is 9.97. The summed E-state index contributed by atoms with van der Waals surface area (Å²) in [5.41, 5.74) is 8.59. The van der Waals surface area contributed by atoms with Gasteiger partial charge in [0.2, 0.25) is 0 Å². The van der Waals surface area contributed by atoms with E-state index in [1.165, 1.54) is 0 Å². The number of halogens is 3. The van der Waals surface area contributed by atoms with E-state index in [0.29, 0.717) is 0 Å². The van der Waals surface area contributed by atoms with Crippen molar-refractivity contribution in [2.75, 3.05) is 0 Å². The van der Waals surface area contributed by atoms with Crippen LogP contribution in [0.4, 0.5) is 13.2 Å². The summed E-state index contributed by atoms with van der Waals surface area (Å²) in [5, 5.41) is 0. The van der Waals surface area contributed by atoms with Gasteiger partial charge in [0.15, 0.2) is 0 Å². The predicted octanol–water partition coefficient (Wildman–Crippen LogP) is 3.65. The Morgan fingerprint density at radius 1 is 1.25 bits per heavy atom. The lowest BCUT2D eigenvalue weighted by Gasteiger charge is -2.16. The van der Waals surface area contributed by atoms with Crippen LogP contribution >= 0.6 is 0 Å². The smallest absolute Gasteiger partial charge is 0.324 e. The van der Waals surface area contributed by atoms with E-state index in [9.17, 15) is 13.2 Å². The summed E-state index contributed by atoms with van der Waals surface area (Å²) in [6, 6.07) is 5.08. The molecule has 1 aromatic carbocycles. The Kier molecular flexibility index (Phi) is 3.97.